The predicted molar refractivity (Wildman–Crippen MR) is 133 cm³/mol. The van der Waals surface area contributed by atoms with Crippen LogP contribution in [0.4, 0.5) is 5.82 Å². The molecule has 0 spiro atoms. The number of methoxy groups -OCH3 is 1. The average molecular weight is 462 g/mol. The summed E-state index contributed by atoms with van der Waals surface area (Å²) in [7, 11) is 1.43. The maximum Gasteiger partial charge on any atom is 0.344 e. The second-order valence-corrected chi connectivity index (χ2v) is 9.34. The maximum absolute atomic E-state index is 13.4. The molecule has 1 aliphatic carbocycles. The van der Waals surface area contributed by atoms with Crippen molar-refractivity contribution in [3.05, 3.63) is 51.8 Å². The molecule has 1 saturated carbocycles. The number of fused-ring (bicyclic) bond motifs is 2. The molecule has 0 bridgehead atoms. The molecule has 3 heterocycles. The van der Waals surface area contributed by atoms with E-state index in [1.807, 2.05) is 30.3 Å². The summed E-state index contributed by atoms with van der Waals surface area (Å²) < 4.78 is 10.6. The van der Waals surface area contributed by atoms with Gasteiger partial charge in [0, 0.05) is 24.0 Å². The molecule has 2 aromatic heterocycles. The average Bonchev–Trinajstić information content (AvgIpc) is 3.27. The minimum absolute atomic E-state index is 0.0424. The van der Waals surface area contributed by atoms with E-state index >= 15 is 0 Å². The fraction of sp³-hybridized carbons (Fsp3) is 0.444. The number of H-pyrrole nitrogens is 1. The summed E-state index contributed by atoms with van der Waals surface area (Å²) in [5, 5.41) is 0.946. The Morgan fingerprint density at radius 2 is 1.88 bits per heavy atom. The number of benzene rings is 1. The molecule has 2 fully saturated rings. The lowest BCUT2D eigenvalue weighted by Gasteiger charge is -2.23. The van der Waals surface area contributed by atoms with Crippen LogP contribution in [0.1, 0.15) is 48.7 Å². The highest BCUT2D eigenvalue weighted by Crippen LogP contribution is 2.41. The van der Waals surface area contributed by atoms with Gasteiger partial charge < -0.3 is 19.4 Å². The van der Waals surface area contributed by atoms with Crippen LogP contribution in [0.3, 0.4) is 0 Å². The molecule has 1 aromatic carbocycles. The number of aromatic amines is 1. The molecule has 1 aliphatic heterocycles. The molecule has 5 rings (SSSR count). The van der Waals surface area contributed by atoms with E-state index < -0.39 is 11.4 Å². The summed E-state index contributed by atoms with van der Waals surface area (Å²) in [4.78, 5) is 37.1. The van der Waals surface area contributed by atoms with Crippen molar-refractivity contribution in [2.45, 2.75) is 39.5 Å². The number of anilines is 1. The third-order valence-corrected chi connectivity index (χ3v) is 7.27. The van der Waals surface area contributed by atoms with Gasteiger partial charge in [0.05, 0.1) is 30.6 Å². The van der Waals surface area contributed by atoms with Gasteiger partial charge in [0.15, 0.2) is 5.75 Å². The molecule has 34 heavy (non-hydrogen) atoms. The second kappa shape index (κ2) is 9.12. The number of pyridine rings is 2. The van der Waals surface area contributed by atoms with Gasteiger partial charge in [-0.1, -0.05) is 31.0 Å². The third-order valence-electron chi connectivity index (χ3n) is 7.27. The first-order chi connectivity index (χ1) is 16.5. The Bertz CT molecular complexity index is 1290. The molecule has 2 aliphatic rings. The summed E-state index contributed by atoms with van der Waals surface area (Å²) in [6, 6.07) is 9.97. The number of ether oxygens (including phenoxy) is 2. The van der Waals surface area contributed by atoms with Crippen LogP contribution in [0, 0.1) is 18.8 Å². The van der Waals surface area contributed by atoms with Crippen molar-refractivity contribution in [2.75, 3.05) is 31.7 Å². The van der Waals surface area contributed by atoms with Crippen LogP contribution < -0.4 is 15.1 Å². The van der Waals surface area contributed by atoms with Crippen LogP contribution in [0.5, 0.6) is 5.75 Å². The molecule has 2 unspecified atom stereocenters. The lowest BCUT2D eigenvalue weighted by atomic mass is 9.82. The standard InChI is InChI=1S/C27H31N3O4/c1-4-34-27(32)22-23(28-16(2)25(33-3)24(22)31)20-13-17-9-7-8-12-21(17)29-26(20)30-14-18-10-5-6-11-19(18)15-30/h7-9,12-13,18-19H,4-6,10-11,14-15H2,1-3H3,(H,28,31). The maximum atomic E-state index is 13.4. The quantitative estimate of drug-likeness (QED) is 0.554. The number of esters is 1. The zero-order valence-electron chi connectivity index (χ0n) is 20.0. The minimum atomic E-state index is -0.661. The van der Waals surface area contributed by atoms with Gasteiger partial charge in [0.25, 0.3) is 0 Å². The molecule has 1 N–H and O–H groups in total. The lowest BCUT2D eigenvalue weighted by molar-refractivity contribution is 0.0525. The van der Waals surface area contributed by atoms with E-state index in [4.69, 9.17) is 14.5 Å². The molecule has 0 radical (unpaired) electrons. The number of nitrogens with zero attached hydrogens (tertiary/aromatic N) is 2. The Hall–Kier alpha value is -3.35. The number of rotatable bonds is 5. The van der Waals surface area contributed by atoms with Crippen molar-refractivity contribution in [3.8, 4) is 17.0 Å². The van der Waals surface area contributed by atoms with Crippen molar-refractivity contribution in [2.24, 2.45) is 11.8 Å². The number of aryl methyl sites for hydroxylation is 1. The number of nitrogens with one attached hydrogen (secondary N) is 1. The number of aromatic nitrogens is 2. The van der Waals surface area contributed by atoms with Gasteiger partial charge in [0.1, 0.15) is 11.4 Å². The molecular formula is C27H31N3O4. The van der Waals surface area contributed by atoms with Crippen LogP contribution in [-0.2, 0) is 4.74 Å². The highest BCUT2D eigenvalue weighted by molar-refractivity contribution is 6.00. The molecule has 7 heteroatoms. The van der Waals surface area contributed by atoms with Crippen molar-refractivity contribution < 1.29 is 14.3 Å². The first-order valence-electron chi connectivity index (χ1n) is 12.1. The zero-order valence-corrected chi connectivity index (χ0v) is 20.0. The Labute approximate surface area is 199 Å². The summed E-state index contributed by atoms with van der Waals surface area (Å²) >= 11 is 0. The topological polar surface area (TPSA) is 84.5 Å². The van der Waals surface area contributed by atoms with Gasteiger partial charge in [-0.25, -0.2) is 9.78 Å². The fourth-order valence-corrected chi connectivity index (χ4v) is 5.66. The van der Waals surface area contributed by atoms with Gasteiger partial charge in [-0.2, -0.15) is 0 Å². The highest BCUT2D eigenvalue weighted by atomic mass is 16.5. The summed E-state index contributed by atoms with van der Waals surface area (Å²) in [6.45, 7) is 5.56. The van der Waals surface area contributed by atoms with E-state index in [0.29, 0.717) is 23.2 Å². The van der Waals surface area contributed by atoms with Gasteiger partial charge in [0.2, 0.25) is 5.43 Å². The van der Waals surface area contributed by atoms with Gasteiger partial charge in [-0.3, -0.25) is 4.79 Å². The van der Waals surface area contributed by atoms with Crippen LogP contribution in [0.25, 0.3) is 22.2 Å². The summed E-state index contributed by atoms with van der Waals surface area (Å²) in [5.74, 6) is 1.59. The van der Waals surface area contributed by atoms with E-state index in [0.717, 1.165) is 35.4 Å². The van der Waals surface area contributed by atoms with E-state index in [2.05, 4.69) is 9.88 Å². The first kappa shape index (κ1) is 22.4. The molecule has 7 nitrogen and oxygen atoms in total. The van der Waals surface area contributed by atoms with Crippen LogP contribution in [0.15, 0.2) is 35.1 Å². The summed E-state index contributed by atoms with van der Waals surface area (Å²) in [5.41, 5.74) is 2.11. The Kier molecular flexibility index (Phi) is 6.02. The monoisotopic (exact) mass is 461 g/mol. The van der Waals surface area contributed by atoms with Crippen molar-refractivity contribution in [1.82, 2.24) is 9.97 Å². The normalized spacial score (nSPS) is 19.8. The number of carbonyl (C=O) groups is 1. The Morgan fingerprint density at radius 1 is 1.18 bits per heavy atom. The zero-order chi connectivity index (χ0) is 23.8. The SMILES string of the molecule is CCOC(=O)c1c(-c2cc3ccccc3nc2N2CC3CCCCC3C2)[nH]c(C)c(OC)c1=O. The van der Waals surface area contributed by atoms with Crippen molar-refractivity contribution in [3.63, 3.8) is 0 Å². The van der Waals surface area contributed by atoms with E-state index in [1.165, 1.54) is 32.8 Å². The smallest absolute Gasteiger partial charge is 0.344 e. The van der Waals surface area contributed by atoms with Gasteiger partial charge in [-0.15, -0.1) is 0 Å². The second-order valence-electron chi connectivity index (χ2n) is 9.34. The van der Waals surface area contributed by atoms with Crippen molar-refractivity contribution >= 4 is 22.7 Å². The van der Waals surface area contributed by atoms with Crippen LogP contribution in [0.2, 0.25) is 0 Å². The molecule has 0 amide bonds. The minimum Gasteiger partial charge on any atom is -0.491 e. The van der Waals surface area contributed by atoms with Gasteiger partial charge in [-0.05, 0) is 50.7 Å². The molecule has 3 aromatic rings. The number of carbonyl (C=O) groups excluding carboxylic acids is 1. The van der Waals surface area contributed by atoms with Gasteiger partial charge >= 0.3 is 5.97 Å². The van der Waals surface area contributed by atoms with Crippen molar-refractivity contribution in [1.29, 1.82) is 0 Å². The third kappa shape index (κ3) is 3.83. The predicted octanol–water partition coefficient (Wildman–Crippen LogP) is 4.71. The molecular weight excluding hydrogens is 430 g/mol. The van der Waals surface area contributed by atoms with Crippen LogP contribution >= 0.6 is 0 Å². The number of hydrogen-bond acceptors (Lipinski definition) is 6. The highest BCUT2D eigenvalue weighted by Gasteiger charge is 2.36. The van der Waals surface area contributed by atoms with E-state index in [1.54, 1.807) is 13.8 Å². The molecule has 178 valence electrons. The summed E-state index contributed by atoms with van der Waals surface area (Å²) in [6.07, 6.45) is 5.06. The largest absolute Gasteiger partial charge is 0.491 e. The lowest BCUT2D eigenvalue weighted by Crippen LogP contribution is -2.25. The molecule has 2 atom stereocenters. The van der Waals surface area contributed by atoms with E-state index in [-0.39, 0.29) is 17.9 Å². The fourth-order valence-electron chi connectivity index (χ4n) is 5.66. The Morgan fingerprint density at radius 3 is 2.56 bits per heavy atom. The number of hydrogen-bond donors (Lipinski definition) is 1. The first-order valence-corrected chi connectivity index (χ1v) is 12.1. The Balaban J connectivity index is 1.74. The van der Waals surface area contributed by atoms with Crippen LogP contribution in [-0.4, -0.2) is 42.7 Å². The number of para-hydroxylation sites is 1. The molecule has 1 saturated heterocycles. The van der Waals surface area contributed by atoms with E-state index in [9.17, 15) is 9.59 Å².